The zero-order valence-electron chi connectivity index (χ0n) is 5.49. The molecular weight excluding hydrogens is 118 g/mol. The van der Waals surface area contributed by atoms with Crippen molar-refractivity contribution in [2.75, 3.05) is 7.05 Å². The molecule has 0 aromatic heterocycles. The molecule has 0 unspecified atom stereocenters. The highest BCUT2D eigenvalue weighted by Crippen LogP contribution is 1.85. The minimum atomic E-state index is 0.914. The van der Waals surface area contributed by atoms with Gasteiger partial charge in [-0.1, -0.05) is 12.2 Å². The Hall–Kier alpha value is -0.370. The highest BCUT2D eigenvalue weighted by molar-refractivity contribution is 7.80. The average Bonchev–Trinajstić information content (AvgIpc) is 1.65. The van der Waals surface area contributed by atoms with Gasteiger partial charge in [0.15, 0.2) is 0 Å². The van der Waals surface area contributed by atoms with Gasteiger partial charge in [-0.25, -0.2) is 0 Å². The molecule has 0 fully saturated rings. The molecule has 0 aliphatic heterocycles. The van der Waals surface area contributed by atoms with E-state index in [2.05, 4.69) is 5.32 Å². The molecule has 0 atom stereocenters. The summed E-state index contributed by atoms with van der Waals surface area (Å²) in [6.07, 6.45) is 1.93. The zero-order valence-corrected chi connectivity index (χ0v) is 6.30. The first-order chi connectivity index (χ1) is 3.66. The van der Waals surface area contributed by atoms with Gasteiger partial charge in [-0.2, -0.15) is 0 Å². The van der Waals surface area contributed by atoms with Crippen LogP contribution in [0.15, 0.2) is 11.8 Å². The fourth-order valence-corrected chi connectivity index (χ4v) is 0.554. The summed E-state index contributed by atoms with van der Waals surface area (Å²) in [7, 11) is 1.88. The van der Waals surface area contributed by atoms with Crippen LogP contribution in [0, 0.1) is 0 Å². The van der Waals surface area contributed by atoms with Gasteiger partial charge in [0, 0.05) is 17.6 Å². The molecule has 0 saturated heterocycles. The molecule has 0 spiro atoms. The smallest absolute Gasteiger partial charge is 0.0138 e. The molecule has 0 aromatic carbocycles. The Balaban J connectivity index is 3.75. The molecule has 0 aromatic rings. The second-order valence-corrected chi connectivity index (χ2v) is 2.33. The highest BCUT2D eigenvalue weighted by atomic mass is 32.1. The van der Waals surface area contributed by atoms with Crippen LogP contribution in [0.4, 0.5) is 0 Å². The van der Waals surface area contributed by atoms with Crippen LogP contribution >= 0.6 is 12.2 Å². The lowest BCUT2D eigenvalue weighted by Gasteiger charge is -1.94. The summed E-state index contributed by atoms with van der Waals surface area (Å²) in [5.41, 5.74) is 1.11. The van der Waals surface area contributed by atoms with Crippen LogP contribution in [0.25, 0.3) is 0 Å². The maximum Gasteiger partial charge on any atom is 0.0138 e. The van der Waals surface area contributed by atoms with E-state index >= 15 is 0 Å². The van der Waals surface area contributed by atoms with Gasteiger partial charge in [0.05, 0.1) is 0 Å². The van der Waals surface area contributed by atoms with Crippen molar-refractivity contribution in [3.63, 3.8) is 0 Å². The van der Waals surface area contributed by atoms with Crippen LogP contribution in [-0.2, 0) is 0 Å². The quantitative estimate of drug-likeness (QED) is 0.448. The Kier molecular flexibility index (Phi) is 3.44. The van der Waals surface area contributed by atoms with E-state index < -0.39 is 0 Å². The summed E-state index contributed by atoms with van der Waals surface area (Å²) in [5, 5.41) is 2.97. The largest absolute Gasteiger partial charge is 0.392 e. The molecule has 2 heteroatoms. The first-order valence-corrected chi connectivity index (χ1v) is 2.94. The average molecular weight is 129 g/mol. The van der Waals surface area contributed by atoms with Crippen LogP contribution in [0.5, 0.6) is 0 Å². The van der Waals surface area contributed by atoms with Crippen LogP contribution in [-0.4, -0.2) is 11.9 Å². The molecule has 8 heavy (non-hydrogen) atoms. The van der Waals surface area contributed by atoms with Gasteiger partial charge in [-0.05, 0) is 19.9 Å². The lowest BCUT2D eigenvalue weighted by molar-refractivity contribution is 0.993. The molecule has 0 aliphatic rings. The maximum absolute atomic E-state index is 4.82. The summed E-state index contributed by atoms with van der Waals surface area (Å²) < 4.78 is 0. The second kappa shape index (κ2) is 3.61. The molecule has 0 rings (SSSR count). The van der Waals surface area contributed by atoms with Crippen LogP contribution in [0.3, 0.4) is 0 Å². The third-order valence-corrected chi connectivity index (χ3v) is 0.932. The van der Waals surface area contributed by atoms with E-state index in [-0.39, 0.29) is 0 Å². The SMILES string of the molecule is CN/C(C)=C\C(C)=S. The van der Waals surface area contributed by atoms with Crippen LogP contribution in [0.1, 0.15) is 13.8 Å². The Morgan fingerprint density at radius 1 is 1.50 bits per heavy atom. The molecule has 0 radical (unpaired) electrons. The first kappa shape index (κ1) is 7.63. The van der Waals surface area contributed by atoms with Crippen molar-refractivity contribution in [3.05, 3.63) is 11.8 Å². The van der Waals surface area contributed by atoms with Gasteiger partial charge in [0.25, 0.3) is 0 Å². The van der Waals surface area contributed by atoms with Crippen molar-refractivity contribution < 1.29 is 0 Å². The zero-order chi connectivity index (χ0) is 6.57. The van der Waals surface area contributed by atoms with Crippen molar-refractivity contribution in [1.82, 2.24) is 5.32 Å². The topological polar surface area (TPSA) is 12.0 Å². The minimum absolute atomic E-state index is 0.914. The van der Waals surface area contributed by atoms with E-state index in [1.165, 1.54) is 0 Å². The molecule has 0 saturated carbocycles. The molecule has 46 valence electrons. The van der Waals surface area contributed by atoms with Crippen molar-refractivity contribution in [2.24, 2.45) is 0 Å². The lowest BCUT2D eigenvalue weighted by Crippen LogP contribution is -2.02. The van der Waals surface area contributed by atoms with E-state index in [0.717, 1.165) is 10.6 Å². The van der Waals surface area contributed by atoms with E-state index in [1.807, 2.05) is 27.0 Å². The predicted octanol–water partition coefficient (Wildman–Crippen LogP) is 1.50. The summed E-state index contributed by atoms with van der Waals surface area (Å²) in [6, 6.07) is 0. The number of hydrogen-bond donors (Lipinski definition) is 1. The van der Waals surface area contributed by atoms with E-state index in [1.54, 1.807) is 0 Å². The van der Waals surface area contributed by atoms with Crippen molar-refractivity contribution in [2.45, 2.75) is 13.8 Å². The predicted molar refractivity (Wildman–Crippen MR) is 41.1 cm³/mol. The van der Waals surface area contributed by atoms with Crippen molar-refractivity contribution >= 4 is 17.1 Å². The van der Waals surface area contributed by atoms with Gasteiger partial charge < -0.3 is 5.32 Å². The maximum atomic E-state index is 4.82. The number of thiocarbonyl (C=S) groups is 1. The molecule has 0 heterocycles. The summed E-state index contributed by atoms with van der Waals surface area (Å²) >= 11 is 4.82. The second-order valence-electron chi connectivity index (χ2n) is 1.69. The van der Waals surface area contributed by atoms with Gasteiger partial charge in [-0.3, -0.25) is 0 Å². The molecule has 0 bridgehead atoms. The van der Waals surface area contributed by atoms with E-state index in [0.29, 0.717) is 0 Å². The molecule has 1 N–H and O–H groups in total. The van der Waals surface area contributed by atoms with Crippen LogP contribution in [0.2, 0.25) is 0 Å². The fourth-order valence-electron chi connectivity index (χ4n) is 0.377. The molecule has 1 nitrogen and oxygen atoms in total. The molecule has 0 aliphatic carbocycles. The number of rotatable bonds is 2. The van der Waals surface area contributed by atoms with E-state index in [4.69, 9.17) is 12.2 Å². The number of allylic oxidation sites excluding steroid dienone is 2. The van der Waals surface area contributed by atoms with Gasteiger partial charge in [0.1, 0.15) is 0 Å². The normalized spacial score (nSPS) is 11.1. The lowest BCUT2D eigenvalue weighted by atomic mass is 10.4. The Morgan fingerprint density at radius 3 is 2.12 bits per heavy atom. The van der Waals surface area contributed by atoms with Gasteiger partial charge >= 0.3 is 0 Å². The third-order valence-electron chi connectivity index (χ3n) is 0.814. The Morgan fingerprint density at radius 2 is 2.00 bits per heavy atom. The third kappa shape index (κ3) is 3.81. The summed E-state index contributed by atoms with van der Waals surface area (Å²) in [5.74, 6) is 0. The van der Waals surface area contributed by atoms with Gasteiger partial charge in [0.2, 0.25) is 0 Å². The number of hydrogen-bond acceptors (Lipinski definition) is 2. The highest BCUT2D eigenvalue weighted by Gasteiger charge is 1.80. The number of nitrogens with one attached hydrogen (secondary N) is 1. The Labute approximate surface area is 55.8 Å². The van der Waals surface area contributed by atoms with E-state index in [9.17, 15) is 0 Å². The summed E-state index contributed by atoms with van der Waals surface area (Å²) in [4.78, 5) is 0.914. The summed E-state index contributed by atoms with van der Waals surface area (Å²) in [6.45, 7) is 3.88. The molecule has 0 amide bonds. The Bertz CT molecular complexity index is 116. The van der Waals surface area contributed by atoms with Gasteiger partial charge in [-0.15, -0.1) is 0 Å². The molecular formula is C6H11NS. The van der Waals surface area contributed by atoms with Crippen LogP contribution < -0.4 is 5.32 Å². The first-order valence-electron chi connectivity index (χ1n) is 2.53. The monoisotopic (exact) mass is 129 g/mol. The fraction of sp³-hybridized carbons (Fsp3) is 0.500. The standard InChI is InChI=1S/C6H11NS/c1-5(7-3)4-6(2)8/h4,7H,1-3H3/b5-4-. The van der Waals surface area contributed by atoms with Crippen molar-refractivity contribution in [3.8, 4) is 0 Å². The minimum Gasteiger partial charge on any atom is -0.392 e. The van der Waals surface area contributed by atoms with Crippen molar-refractivity contribution in [1.29, 1.82) is 0 Å².